The van der Waals surface area contributed by atoms with Crippen LogP contribution >= 0.6 is 11.3 Å². The van der Waals surface area contributed by atoms with Crippen molar-refractivity contribution in [3.63, 3.8) is 0 Å². The van der Waals surface area contributed by atoms with Gasteiger partial charge in [-0.1, -0.05) is 0 Å². The first-order valence-corrected chi connectivity index (χ1v) is 8.08. The summed E-state index contributed by atoms with van der Waals surface area (Å²) in [5.41, 5.74) is 4.42. The lowest BCUT2D eigenvalue weighted by molar-refractivity contribution is 0.515. The van der Waals surface area contributed by atoms with E-state index in [4.69, 9.17) is 0 Å². The van der Waals surface area contributed by atoms with Crippen LogP contribution in [0.4, 0.5) is 5.69 Å². The van der Waals surface area contributed by atoms with Gasteiger partial charge in [0.05, 0.1) is 15.7 Å². The molecule has 2 aliphatic rings. The predicted molar refractivity (Wildman–Crippen MR) is 81.0 cm³/mol. The Kier molecular flexibility index (Phi) is 2.93. The van der Waals surface area contributed by atoms with Crippen molar-refractivity contribution in [2.75, 3.05) is 24.5 Å². The average molecular weight is 273 g/mol. The minimum Gasteiger partial charge on any atom is -0.371 e. The third-order valence-corrected chi connectivity index (χ3v) is 5.03. The van der Waals surface area contributed by atoms with Crippen LogP contribution in [0.15, 0.2) is 23.7 Å². The molecule has 4 rings (SSSR count). The predicted octanol–water partition coefficient (Wildman–Crippen LogP) is 2.87. The molecule has 1 aliphatic carbocycles. The second kappa shape index (κ2) is 4.76. The van der Waals surface area contributed by atoms with E-state index >= 15 is 0 Å². The fourth-order valence-corrected chi connectivity index (χ4v) is 3.61. The molecule has 1 aromatic carbocycles. The van der Waals surface area contributed by atoms with Crippen molar-refractivity contribution in [2.24, 2.45) is 5.92 Å². The number of fused-ring (bicyclic) bond motifs is 1. The van der Waals surface area contributed by atoms with Gasteiger partial charge in [0, 0.05) is 24.8 Å². The SMILES string of the molecule is c1nc2ccc(N3CCC(CNC4CC4)C3)cc2s1. The van der Waals surface area contributed by atoms with Crippen molar-refractivity contribution in [1.29, 1.82) is 0 Å². The number of hydrogen-bond acceptors (Lipinski definition) is 4. The van der Waals surface area contributed by atoms with Gasteiger partial charge in [-0.15, -0.1) is 11.3 Å². The van der Waals surface area contributed by atoms with Crippen molar-refractivity contribution >= 4 is 27.2 Å². The number of rotatable bonds is 4. The molecule has 0 spiro atoms. The Bertz CT molecular complexity index is 576. The first-order valence-electron chi connectivity index (χ1n) is 7.20. The van der Waals surface area contributed by atoms with Crippen LogP contribution in [-0.4, -0.2) is 30.7 Å². The summed E-state index contributed by atoms with van der Waals surface area (Å²) in [4.78, 5) is 6.87. The van der Waals surface area contributed by atoms with Gasteiger partial charge in [-0.05, 0) is 49.9 Å². The Balaban J connectivity index is 1.43. The number of benzene rings is 1. The number of anilines is 1. The highest BCUT2D eigenvalue weighted by Crippen LogP contribution is 2.28. The highest BCUT2D eigenvalue weighted by atomic mass is 32.1. The van der Waals surface area contributed by atoms with E-state index in [-0.39, 0.29) is 0 Å². The summed E-state index contributed by atoms with van der Waals surface area (Å²) in [5, 5.41) is 3.66. The zero-order valence-electron chi connectivity index (χ0n) is 11.0. The molecule has 100 valence electrons. The summed E-state index contributed by atoms with van der Waals surface area (Å²) in [6, 6.07) is 7.50. The molecule has 1 saturated carbocycles. The van der Waals surface area contributed by atoms with Crippen LogP contribution in [0.25, 0.3) is 10.2 Å². The Hall–Kier alpha value is -1.13. The second-order valence-electron chi connectivity index (χ2n) is 5.79. The normalized spacial score (nSPS) is 23.4. The minimum atomic E-state index is 0.817. The number of thiazole rings is 1. The molecule has 2 heterocycles. The molecule has 2 aromatic rings. The van der Waals surface area contributed by atoms with Crippen LogP contribution in [0.5, 0.6) is 0 Å². The number of aromatic nitrogens is 1. The summed E-state index contributed by atoms with van der Waals surface area (Å²) in [6.45, 7) is 3.59. The van der Waals surface area contributed by atoms with Crippen molar-refractivity contribution in [3.8, 4) is 0 Å². The first-order chi connectivity index (χ1) is 9.38. The van der Waals surface area contributed by atoms with E-state index in [1.165, 1.54) is 49.3 Å². The molecule has 4 heteroatoms. The maximum Gasteiger partial charge on any atom is 0.0813 e. The molecule has 1 atom stereocenters. The summed E-state index contributed by atoms with van der Waals surface area (Å²) < 4.78 is 1.30. The molecule has 0 radical (unpaired) electrons. The third-order valence-electron chi connectivity index (χ3n) is 4.24. The molecule has 3 nitrogen and oxygen atoms in total. The van der Waals surface area contributed by atoms with Crippen molar-refractivity contribution in [1.82, 2.24) is 10.3 Å². The molecule has 2 fully saturated rings. The standard InChI is InChI=1S/C15H19N3S/c1-2-12(1)16-8-11-5-6-18(9-11)13-3-4-14-15(7-13)19-10-17-14/h3-4,7,10-12,16H,1-2,5-6,8-9H2. The van der Waals surface area contributed by atoms with Gasteiger partial charge in [0.1, 0.15) is 0 Å². The Morgan fingerprint density at radius 2 is 2.26 bits per heavy atom. The molecular formula is C15H19N3S. The van der Waals surface area contributed by atoms with Gasteiger partial charge in [0.15, 0.2) is 0 Å². The molecule has 1 aromatic heterocycles. The molecule has 0 bridgehead atoms. The largest absolute Gasteiger partial charge is 0.371 e. The molecule has 19 heavy (non-hydrogen) atoms. The average Bonchev–Trinajstić information content (AvgIpc) is 2.96. The lowest BCUT2D eigenvalue weighted by Crippen LogP contribution is -2.27. The first kappa shape index (κ1) is 11.7. The Labute approximate surface area is 117 Å². The van der Waals surface area contributed by atoms with Crippen molar-refractivity contribution < 1.29 is 0 Å². The number of nitrogens with zero attached hydrogens (tertiary/aromatic N) is 2. The monoisotopic (exact) mass is 273 g/mol. The molecule has 1 aliphatic heterocycles. The van der Waals surface area contributed by atoms with Gasteiger partial charge in [0.2, 0.25) is 0 Å². The van der Waals surface area contributed by atoms with Crippen LogP contribution in [0, 0.1) is 5.92 Å². The summed E-state index contributed by atoms with van der Waals surface area (Å²) in [6.07, 6.45) is 4.09. The fraction of sp³-hybridized carbons (Fsp3) is 0.533. The van der Waals surface area contributed by atoms with E-state index in [1.807, 2.05) is 5.51 Å². The zero-order chi connectivity index (χ0) is 12.7. The van der Waals surface area contributed by atoms with Crippen LogP contribution in [0.3, 0.4) is 0 Å². The summed E-state index contributed by atoms with van der Waals surface area (Å²) in [7, 11) is 0. The van der Waals surface area contributed by atoms with Crippen LogP contribution in [0.2, 0.25) is 0 Å². The maximum atomic E-state index is 4.35. The highest BCUT2D eigenvalue weighted by molar-refractivity contribution is 7.16. The van der Waals surface area contributed by atoms with Gasteiger partial charge < -0.3 is 10.2 Å². The van der Waals surface area contributed by atoms with Gasteiger partial charge >= 0.3 is 0 Å². The molecule has 1 saturated heterocycles. The van der Waals surface area contributed by atoms with E-state index in [0.29, 0.717) is 0 Å². The lowest BCUT2D eigenvalue weighted by atomic mass is 10.1. The highest BCUT2D eigenvalue weighted by Gasteiger charge is 2.26. The van der Waals surface area contributed by atoms with E-state index in [0.717, 1.165) is 17.5 Å². The van der Waals surface area contributed by atoms with E-state index in [9.17, 15) is 0 Å². The van der Waals surface area contributed by atoms with E-state index < -0.39 is 0 Å². The molecule has 1 N–H and O–H groups in total. The molecular weight excluding hydrogens is 254 g/mol. The second-order valence-corrected chi connectivity index (χ2v) is 6.67. The van der Waals surface area contributed by atoms with Gasteiger partial charge in [-0.25, -0.2) is 4.98 Å². The van der Waals surface area contributed by atoms with E-state index in [1.54, 1.807) is 11.3 Å². The van der Waals surface area contributed by atoms with Crippen LogP contribution < -0.4 is 10.2 Å². The minimum absolute atomic E-state index is 0.817. The zero-order valence-corrected chi connectivity index (χ0v) is 11.8. The van der Waals surface area contributed by atoms with Crippen LogP contribution in [0.1, 0.15) is 19.3 Å². The van der Waals surface area contributed by atoms with Crippen molar-refractivity contribution in [3.05, 3.63) is 23.7 Å². The maximum absolute atomic E-state index is 4.35. The molecule has 1 unspecified atom stereocenters. The van der Waals surface area contributed by atoms with E-state index in [2.05, 4.69) is 33.4 Å². The summed E-state index contributed by atoms with van der Waals surface area (Å²) in [5.74, 6) is 0.817. The number of nitrogens with one attached hydrogen (secondary N) is 1. The smallest absolute Gasteiger partial charge is 0.0813 e. The van der Waals surface area contributed by atoms with Gasteiger partial charge in [-0.2, -0.15) is 0 Å². The molecule has 0 amide bonds. The fourth-order valence-electron chi connectivity index (χ4n) is 2.90. The van der Waals surface area contributed by atoms with Crippen molar-refractivity contribution in [2.45, 2.75) is 25.3 Å². The quantitative estimate of drug-likeness (QED) is 0.928. The van der Waals surface area contributed by atoms with Gasteiger partial charge in [-0.3, -0.25) is 0 Å². The number of hydrogen-bond donors (Lipinski definition) is 1. The Morgan fingerprint density at radius 1 is 1.32 bits per heavy atom. The van der Waals surface area contributed by atoms with Crippen LogP contribution in [-0.2, 0) is 0 Å². The topological polar surface area (TPSA) is 28.2 Å². The van der Waals surface area contributed by atoms with Gasteiger partial charge in [0.25, 0.3) is 0 Å². The third kappa shape index (κ3) is 2.47. The summed E-state index contributed by atoms with van der Waals surface area (Å²) >= 11 is 1.73. The Morgan fingerprint density at radius 3 is 3.16 bits per heavy atom. The lowest BCUT2D eigenvalue weighted by Gasteiger charge is -2.19.